The van der Waals surface area contributed by atoms with Gasteiger partial charge in [-0.2, -0.15) is 0 Å². The summed E-state index contributed by atoms with van der Waals surface area (Å²) in [5.41, 5.74) is 0. The molecule has 0 fully saturated rings. The first-order valence-electron chi connectivity index (χ1n) is 13.5. The summed E-state index contributed by atoms with van der Waals surface area (Å²) in [7, 11) is 0. The average Bonchev–Trinajstić information content (AvgIpc) is 2.84. The van der Waals surface area contributed by atoms with Gasteiger partial charge in [-0.15, -0.1) is 0 Å². The van der Waals surface area contributed by atoms with Gasteiger partial charge in [0.2, 0.25) is 5.91 Å². The van der Waals surface area contributed by atoms with E-state index in [4.69, 9.17) is 0 Å². The summed E-state index contributed by atoms with van der Waals surface area (Å²) >= 11 is 0. The molecule has 2 atom stereocenters. The van der Waals surface area contributed by atoms with Crippen LogP contribution >= 0.6 is 0 Å². The summed E-state index contributed by atoms with van der Waals surface area (Å²) < 4.78 is 0. The molecule has 0 aliphatic heterocycles. The molecule has 0 heterocycles. The normalized spacial score (nSPS) is 14.4. The number of hydrogen-bond donors (Lipinski definition) is 3. The van der Waals surface area contributed by atoms with Gasteiger partial charge in [0, 0.05) is 6.42 Å². The highest BCUT2D eigenvalue weighted by Gasteiger charge is 2.17. The molecule has 0 saturated carbocycles. The number of allylic oxidation sites excluding steroid dienone is 9. The molecule has 0 aromatic rings. The first-order valence-corrected chi connectivity index (χ1v) is 13.5. The maximum Gasteiger partial charge on any atom is 0.220 e. The van der Waals surface area contributed by atoms with Crippen molar-refractivity contribution in [2.75, 3.05) is 6.61 Å². The van der Waals surface area contributed by atoms with Gasteiger partial charge >= 0.3 is 0 Å². The lowest BCUT2D eigenvalue weighted by molar-refractivity contribution is -0.122. The number of carbonyl (C=O) groups is 1. The van der Waals surface area contributed by atoms with Gasteiger partial charge in [-0.3, -0.25) is 4.79 Å². The van der Waals surface area contributed by atoms with Gasteiger partial charge in [-0.1, -0.05) is 113 Å². The molecule has 1 amide bonds. The average molecular weight is 474 g/mol. The fourth-order valence-electron chi connectivity index (χ4n) is 3.42. The van der Waals surface area contributed by atoms with E-state index in [1.807, 2.05) is 12.2 Å². The van der Waals surface area contributed by atoms with Crippen molar-refractivity contribution >= 4 is 5.91 Å². The van der Waals surface area contributed by atoms with Crippen molar-refractivity contribution in [3.05, 3.63) is 60.8 Å². The number of amides is 1. The zero-order valence-corrected chi connectivity index (χ0v) is 21.8. The highest BCUT2D eigenvalue weighted by Crippen LogP contribution is 2.09. The van der Waals surface area contributed by atoms with Gasteiger partial charge in [0.05, 0.1) is 18.8 Å². The van der Waals surface area contributed by atoms with Crippen LogP contribution in [0.2, 0.25) is 0 Å². The summed E-state index contributed by atoms with van der Waals surface area (Å²) in [6.45, 7) is 4.08. The van der Waals surface area contributed by atoms with Crippen LogP contribution in [0.1, 0.15) is 104 Å². The van der Waals surface area contributed by atoms with Gasteiger partial charge in [-0.25, -0.2) is 0 Å². The highest BCUT2D eigenvalue weighted by atomic mass is 16.3. The van der Waals surface area contributed by atoms with Crippen molar-refractivity contribution in [3.63, 3.8) is 0 Å². The number of aliphatic hydroxyl groups is 2. The number of rotatable bonds is 22. The lowest BCUT2D eigenvalue weighted by Gasteiger charge is -2.19. The second-order valence-corrected chi connectivity index (χ2v) is 8.72. The molecule has 4 nitrogen and oxygen atoms in total. The zero-order chi connectivity index (χ0) is 25.1. The largest absolute Gasteiger partial charge is 0.394 e. The minimum atomic E-state index is -0.865. The molecule has 0 radical (unpaired) electrons. The Morgan fingerprint density at radius 2 is 1.29 bits per heavy atom. The van der Waals surface area contributed by atoms with Crippen molar-refractivity contribution in [1.82, 2.24) is 5.32 Å². The van der Waals surface area contributed by atoms with Gasteiger partial charge < -0.3 is 15.5 Å². The third kappa shape index (κ3) is 21.9. The molecule has 0 aromatic heterocycles. The predicted molar refractivity (Wildman–Crippen MR) is 147 cm³/mol. The minimum Gasteiger partial charge on any atom is -0.394 e. The Hall–Kier alpha value is -1.91. The van der Waals surface area contributed by atoms with Crippen molar-refractivity contribution in [3.8, 4) is 0 Å². The quantitative estimate of drug-likeness (QED) is 0.116. The number of unbranched alkanes of at least 4 members (excludes halogenated alkanes) is 7. The molecule has 34 heavy (non-hydrogen) atoms. The molecule has 0 spiro atoms. The molecular weight excluding hydrogens is 422 g/mol. The van der Waals surface area contributed by atoms with Crippen LogP contribution in [0.25, 0.3) is 0 Å². The maximum atomic E-state index is 12.1. The van der Waals surface area contributed by atoms with Crippen LogP contribution in [0.15, 0.2) is 60.8 Å². The maximum absolute atomic E-state index is 12.1. The lowest BCUT2D eigenvalue weighted by atomic mass is 10.1. The van der Waals surface area contributed by atoms with Crippen molar-refractivity contribution < 1.29 is 15.0 Å². The monoisotopic (exact) mass is 473 g/mol. The Balaban J connectivity index is 3.92. The number of hydrogen-bond acceptors (Lipinski definition) is 3. The molecule has 0 aliphatic rings. The van der Waals surface area contributed by atoms with Crippen molar-refractivity contribution in [2.24, 2.45) is 0 Å². The van der Waals surface area contributed by atoms with E-state index in [0.717, 1.165) is 38.5 Å². The Morgan fingerprint density at radius 1 is 0.735 bits per heavy atom. The van der Waals surface area contributed by atoms with E-state index in [1.165, 1.54) is 38.5 Å². The first kappa shape index (κ1) is 32.1. The Bertz CT molecular complexity index is 604. The summed E-state index contributed by atoms with van der Waals surface area (Å²) in [6.07, 6.45) is 34.4. The fraction of sp³-hybridized carbons (Fsp3) is 0.633. The van der Waals surface area contributed by atoms with Gasteiger partial charge in [-0.05, 0) is 44.9 Å². The topological polar surface area (TPSA) is 69.6 Å². The van der Waals surface area contributed by atoms with E-state index in [9.17, 15) is 15.0 Å². The first-order chi connectivity index (χ1) is 16.7. The van der Waals surface area contributed by atoms with Crippen LogP contribution in [0, 0.1) is 0 Å². The number of aliphatic hydroxyl groups excluding tert-OH is 2. The molecule has 194 valence electrons. The predicted octanol–water partition coefficient (Wildman–Crippen LogP) is 7.11. The van der Waals surface area contributed by atoms with Crippen LogP contribution in [0.3, 0.4) is 0 Å². The van der Waals surface area contributed by atoms with Gasteiger partial charge in [0.25, 0.3) is 0 Å². The highest BCUT2D eigenvalue weighted by molar-refractivity contribution is 5.76. The molecular formula is C30H51NO3. The molecule has 2 unspecified atom stereocenters. The Morgan fingerprint density at radius 3 is 1.88 bits per heavy atom. The van der Waals surface area contributed by atoms with E-state index < -0.39 is 12.1 Å². The Labute approximate surface area is 209 Å². The number of nitrogens with one attached hydrogen (secondary N) is 1. The van der Waals surface area contributed by atoms with E-state index in [2.05, 4.69) is 61.7 Å². The minimum absolute atomic E-state index is 0.152. The van der Waals surface area contributed by atoms with E-state index in [0.29, 0.717) is 12.8 Å². The molecule has 0 aromatic carbocycles. The Kier molecular flexibility index (Phi) is 24.3. The molecule has 3 N–H and O–H groups in total. The smallest absolute Gasteiger partial charge is 0.220 e. The van der Waals surface area contributed by atoms with E-state index >= 15 is 0 Å². The molecule has 0 aliphatic carbocycles. The van der Waals surface area contributed by atoms with Crippen LogP contribution in [0.4, 0.5) is 0 Å². The third-order valence-electron chi connectivity index (χ3n) is 5.52. The second-order valence-electron chi connectivity index (χ2n) is 8.72. The van der Waals surface area contributed by atoms with Crippen molar-refractivity contribution in [2.45, 2.75) is 116 Å². The van der Waals surface area contributed by atoms with Gasteiger partial charge in [0.1, 0.15) is 0 Å². The van der Waals surface area contributed by atoms with Crippen LogP contribution < -0.4 is 5.32 Å². The van der Waals surface area contributed by atoms with Gasteiger partial charge in [0.15, 0.2) is 0 Å². The number of carbonyl (C=O) groups excluding carboxylic acids is 1. The summed E-state index contributed by atoms with van der Waals surface area (Å²) in [5.74, 6) is -0.152. The van der Waals surface area contributed by atoms with Crippen LogP contribution in [-0.4, -0.2) is 34.9 Å². The molecule has 0 rings (SSSR count). The van der Waals surface area contributed by atoms with Crippen molar-refractivity contribution in [1.29, 1.82) is 0 Å². The van der Waals surface area contributed by atoms with Crippen LogP contribution in [0.5, 0.6) is 0 Å². The third-order valence-corrected chi connectivity index (χ3v) is 5.52. The van der Waals surface area contributed by atoms with Crippen LogP contribution in [-0.2, 0) is 4.79 Å². The summed E-state index contributed by atoms with van der Waals surface area (Å²) in [4.78, 5) is 12.1. The lowest BCUT2D eigenvalue weighted by Crippen LogP contribution is -2.45. The zero-order valence-electron chi connectivity index (χ0n) is 21.8. The van der Waals surface area contributed by atoms with E-state index in [-0.39, 0.29) is 12.5 Å². The second kappa shape index (κ2) is 25.7. The standard InChI is InChI=1S/C30H51NO3/c1-3-5-7-9-11-13-14-15-16-18-20-22-24-26-30(34)31-28(27-32)29(33)25-23-21-19-17-12-10-8-6-4-2/h5,7,11,13,15-16,20,22-23,25,28-29,32-33H,3-4,6,8-10,12,14,17-19,21,24,26-27H2,1-2H3,(H,31,34)/b7-5-,13-11-,16-15-,22-20-,25-23+. The summed E-state index contributed by atoms with van der Waals surface area (Å²) in [6, 6.07) is -0.657. The SMILES string of the molecule is CC/C=C\C/C=C\C/C=C\C/C=C\CCC(=O)NC(CO)C(O)/C=C/CCCCCCCCC. The fourth-order valence-corrected chi connectivity index (χ4v) is 3.42. The molecule has 0 saturated heterocycles. The summed E-state index contributed by atoms with van der Waals surface area (Å²) in [5, 5.41) is 22.5. The molecule has 4 heteroatoms. The molecule has 0 bridgehead atoms. The van der Waals surface area contributed by atoms with E-state index in [1.54, 1.807) is 6.08 Å².